The average Bonchev–Trinajstić information content (AvgIpc) is 3.36. The molecule has 0 fully saturated rings. The highest BCUT2D eigenvalue weighted by Gasteiger charge is 2.36. The van der Waals surface area contributed by atoms with Gasteiger partial charge in [-0.1, -0.05) is 17.4 Å². The molecule has 0 saturated carbocycles. The van der Waals surface area contributed by atoms with Gasteiger partial charge in [-0.25, -0.2) is 4.52 Å². The van der Waals surface area contributed by atoms with Crippen molar-refractivity contribution in [2.24, 2.45) is 0 Å². The van der Waals surface area contributed by atoms with Crippen LogP contribution in [-0.2, 0) is 6.54 Å². The molecular weight excluding hydrogens is 416 g/mol. The van der Waals surface area contributed by atoms with Crippen molar-refractivity contribution in [3.8, 4) is 0 Å². The quantitative estimate of drug-likeness (QED) is 0.497. The van der Waals surface area contributed by atoms with Gasteiger partial charge in [0.1, 0.15) is 0 Å². The molecule has 9 nitrogen and oxygen atoms in total. The van der Waals surface area contributed by atoms with Crippen LogP contribution in [0.3, 0.4) is 0 Å². The zero-order valence-corrected chi connectivity index (χ0v) is 17.4. The third-order valence-electron chi connectivity index (χ3n) is 5.15. The summed E-state index contributed by atoms with van der Waals surface area (Å²) in [6, 6.07) is 9.73. The molecule has 5 rings (SSSR count). The smallest absolute Gasteiger partial charge is 0.261 e. The van der Waals surface area contributed by atoms with Crippen LogP contribution in [0.1, 0.15) is 47.3 Å². The molecule has 0 bridgehead atoms. The number of aryl methyl sites for hydroxylation is 2. The van der Waals surface area contributed by atoms with E-state index in [1.54, 1.807) is 28.9 Å². The molecule has 0 saturated heterocycles. The summed E-state index contributed by atoms with van der Waals surface area (Å²) in [5, 5.41) is 6.96. The molecule has 1 aliphatic rings. The van der Waals surface area contributed by atoms with E-state index in [4.69, 9.17) is 0 Å². The molecule has 3 aromatic heterocycles. The van der Waals surface area contributed by atoms with Gasteiger partial charge in [0.05, 0.1) is 29.1 Å². The lowest BCUT2D eigenvalue weighted by molar-refractivity contribution is 0.0640. The van der Waals surface area contributed by atoms with Gasteiger partial charge in [-0.15, -0.1) is 5.10 Å². The molecular formula is C21H16N6O3S. The summed E-state index contributed by atoms with van der Waals surface area (Å²) in [5.41, 5.74) is 2.27. The molecule has 0 atom stereocenters. The van der Waals surface area contributed by atoms with E-state index in [0.29, 0.717) is 10.7 Å². The number of carbonyl (C=O) groups excluding carboxylic acids is 3. The highest BCUT2D eigenvalue weighted by molar-refractivity contribution is 7.17. The van der Waals surface area contributed by atoms with Gasteiger partial charge in [0.25, 0.3) is 23.7 Å². The number of rotatable bonds is 4. The van der Waals surface area contributed by atoms with Crippen LogP contribution in [0.5, 0.6) is 0 Å². The summed E-state index contributed by atoms with van der Waals surface area (Å²) >= 11 is 1.49. The number of hydrogen-bond acceptors (Lipinski definition) is 7. The Morgan fingerprint density at radius 3 is 2.65 bits per heavy atom. The van der Waals surface area contributed by atoms with Gasteiger partial charge in [-0.05, 0) is 44.2 Å². The lowest BCUT2D eigenvalue weighted by atomic mass is 10.1. The van der Waals surface area contributed by atoms with E-state index in [-0.39, 0.29) is 29.2 Å². The first kappa shape index (κ1) is 19.1. The number of carbonyl (C=O) groups is 3. The van der Waals surface area contributed by atoms with Gasteiger partial charge < -0.3 is 0 Å². The molecule has 0 spiro atoms. The summed E-state index contributed by atoms with van der Waals surface area (Å²) in [5.74, 6) is -1.13. The van der Waals surface area contributed by atoms with E-state index in [1.165, 1.54) is 29.5 Å². The SMILES string of the molecule is Cc1sc2nc(NC(=O)c3ccc4c(c3)C(=O)N(Cc3ccccn3)C4=O)nn2c1C. The fourth-order valence-corrected chi connectivity index (χ4v) is 4.30. The molecule has 4 aromatic rings. The number of nitrogens with one attached hydrogen (secondary N) is 1. The molecule has 1 aromatic carbocycles. The lowest BCUT2D eigenvalue weighted by Gasteiger charge is -2.12. The zero-order valence-electron chi connectivity index (χ0n) is 16.6. The van der Waals surface area contributed by atoms with Crippen LogP contribution in [0.2, 0.25) is 0 Å². The van der Waals surface area contributed by atoms with Crippen molar-refractivity contribution in [3.63, 3.8) is 0 Å². The molecule has 31 heavy (non-hydrogen) atoms. The molecule has 4 heterocycles. The van der Waals surface area contributed by atoms with Crippen molar-refractivity contribution in [1.29, 1.82) is 0 Å². The lowest BCUT2D eigenvalue weighted by Crippen LogP contribution is -2.29. The second-order valence-electron chi connectivity index (χ2n) is 7.11. The molecule has 154 valence electrons. The van der Waals surface area contributed by atoms with Crippen molar-refractivity contribution in [1.82, 2.24) is 24.5 Å². The second-order valence-corrected chi connectivity index (χ2v) is 8.29. The van der Waals surface area contributed by atoms with Gasteiger partial charge in [-0.3, -0.25) is 29.6 Å². The van der Waals surface area contributed by atoms with Crippen molar-refractivity contribution in [2.75, 3.05) is 5.32 Å². The summed E-state index contributed by atoms with van der Waals surface area (Å²) < 4.78 is 1.68. The zero-order chi connectivity index (χ0) is 21.7. The van der Waals surface area contributed by atoms with Gasteiger partial charge >= 0.3 is 0 Å². The number of amides is 3. The number of hydrogen-bond donors (Lipinski definition) is 1. The molecule has 0 unspecified atom stereocenters. The molecule has 0 aliphatic carbocycles. The van der Waals surface area contributed by atoms with E-state index in [1.807, 2.05) is 13.8 Å². The summed E-state index contributed by atoms with van der Waals surface area (Å²) in [6.07, 6.45) is 1.60. The van der Waals surface area contributed by atoms with Crippen molar-refractivity contribution in [3.05, 3.63) is 75.6 Å². The highest BCUT2D eigenvalue weighted by atomic mass is 32.1. The van der Waals surface area contributed by atoms with Crippen LogP contribution in [0.4, 0.5) is 5.95 Å². The third kappa shape index (κ3) is 3.17. The predicted molar refractivity (Wildman–Crippen MR) is 113 cm³/mol. The van der Waals surface area contributed by atoms with Crippen molar-refractivity contribution in [2.45, 2.75) is 20.4 Å². The fraction of sp³-hybridized carbons (Fsp3) is 0.143. The normalized spacial score (nSPS) is 13.2. The molecule has 10 heteroatoms. The van der Waals surface area contributed by atoms with Gasteiger partial charge in [0, 0.05) is 16.6 Å². The standard InChI is InChI=1S/C21H16N6O3S/c1-11-12(2)31-21-24-20(25-27(11)21)23-17(28)13-6-7-15-16(9-13)19(30)26(18(15)29)10-14-5-3-4-8-22-14/h3-9H,10H2,1-2H3,(H,23,25,28). The van der Waals surface area contributed by atoms with E-state index < -0.39 is 17.7 Å². The minimum absolute atomic E-state index is 0.0722. The minimum Gasteiger partial charge on any atom is -0.289 e. The minimum atomic E-state index is -0.459. The predicted octanol–water partition coefficient (Wildman–Crippen LogP) is 2.85. The Balaban J connectivity index is 1.38. The maximum atomic E-state index is 12.8. The first-order valence-electron chi connectivity index (χ1n) is 9.46. The van der Waals surface area contributed by atoms with Crippen LogP contribution in [-0.4, -0.2) is 42.2 Å². The van der Waals surface area contributed by atoms with Crippen LogP contribution in [0, 0.1) is 13.8 Å². The summed E-state index contributed by atoms with van der Waals surface area (Å²) in [6.45, 7) is 3.98. The van der Waals surface area contributed by atoms with Crippen LogP contribution >= 0.6 is 11.3 Å². The van der Waals surface area contributed by atoms with Gasteiger partial charge in [0.15, 0.2) is 0 Å². The fourth-order valence-electron chi connectivity index (χ4n) is 3.40. The number of benzene rings is 1. The largest absolute Gasteiger partial charge is 0.289 e. The number of pyridine rings is 1. The first-order chi connectivity index (χ1) is 14.9. The van der Waals surface area contributed by atoms with Gasteiger partial charge in [0.2, 0.25) is 4.96 Å². The Kier molecular flexibility index (Phi) is 4.36. The molecule has 1 N–H and O–H groups in total. The van der Waals surface area contributed by atoms with Crippen molar-refractivity contribution < 1.29 is 14.4 Å². The monoisotopic (exact) mass is 432 g/mol. The van der Waals surface area contributed by atoms with E-state index >= 15 is 0 Å². The number of aromatic nitrogens is 4. The van der Waals surface area contributed by atoms with Crippen LogP contribution < -0.4 is 5.32 Å². The van der Waals surface area contributed by atoms with Crippen molar-refractivity contribution >= 4 is 40.0 Å². The average molecular weight is 432 g/mol. The molecule has 1 aliphatic heterocycles. The van der Waals surface area contributed by atoms with Crippen LogP contribution in [0.15, 0.2) is 42.6 Å². The third-order valence-corrected chi connectivity index (χ3v) is 6.20. The Morgan fingerprint density at radius 1 is 1.10 bits per heavy atom. The van der Waals surface area contributed by atoms with E-state index in [2.05, 4.69) is 20.4 Å². The maximum Gasteiger partial charge on any atom is 0.261 e. The number of thiazole rings is 1. The number of nitrogens with zero attached hydrogens (tertiary/aromatic N) is 5. The second kappa shape index (κ2) is 7.10. The van der Waals surface area contributed by atoms with E-state index in [0.717, 1.165) is 15.5 Å². The Morgan fingerprint density at radius 2 is 1.90 bits per heavy atom. The topological polar surface area (TPSA) is 110 Å². The maximum absolute atomic E-state index is 12.8. The summed E-state index contributed by atoms with van der Waals surface area (Å²) in [4.78, 5) is 49.6. The van der Waals surface area contributed by atoms with E-state index in [9.17, 15) is 14.4 Å². The highest BCUT2D eigenvalue weighted by Crippen LogP contribution is 2.26. The number of anilines is 1. The Labute approximate surface area is 180 Å². The first-order valence-corrected chi connectivity index (χ1v) is 10.3. The summed E-state index contributed by atoms with van der Waals surface area (Å²) in [7, 11) is 0. The number of imide groups is 1. The molecule has 0 radical (unpaired) electrons. The Hall–Kier alpha value is -3.92. The Bertz CT molecular complexity index is 1370. The number of fused-ring (bicyclic) bond motifs is 2. The molecule has 3 amide bonds. The van der Waals surface area contributed by atoms with Gasteiger partial charge in [-0.2, -0.15) is 4.98 Å². The van der Waals surface area contributed by atoms with Crippen LogP contribution in [0.25, 0.3) is 4.96 Å².